The monoisotopic (exact) mass is 262 g/mol. The summed E-state index contributed by atoms with van der Waals surface area (Å²) in [6.07, 6.45) is 4.59. The fourth-order valence-corrected chi connectivity index (χ4v) is 3.60. The van der Waals surface area contributed by atoms with Gasteiger partial charge in [-0.05, 0) is 37.1 Å². The molecule has 2 rings (SSSR count). The third kappa shape index (κ3) is 2.30. The lowest BCUT2D eigenvalue weighted by atomic mass is 10.2. The van der Waals surface area contributed by atoms with Gasteiger partial charge in [-0.1, -0.05) is 12.2 Å². The Kier molecular flexibility index (Phi) is 3.50. The number of hydrogen-bond acceptors (Lipinski definition) is 3. The summed E-state index contributed by atoms with van der Waals surface area (Å²) in [7, 11) is -3.45. The SMILES string of the molecule is Cc1cc(C#N)ccc1S(=O)(=O)N1CC=CCC1. The van der Waals surface area contributed by atoms with E-state index in [0.717, 1.165) is 6.42 Å². The first-order valence-corrected chi connectivity index (χ1v) is 7.15. The van der Waals surface area contributed by atoms with Gasteiger partial charge < -0.3 is 0 Å². The number of nitriles is 1. The zero-order valence-corrected chi connectivity index (χ0v) is 10.9. The summed E-state index contributed by atoms with van der Waals surface area (Å²) < 4.78 is 26.3. The Bertz CT molecular complexity index is 627. The Morgan fingerprint density at radius 2 is 2.11 bits per heavy atom. The molecule has 0 unspecified atom stereocenters. The number of rotatable bonds is 2. The van der Waals surface area contributed by atoms with Crippen molar-refractivity contribution in [3.8, 4) is 6.07 Å². The Labute approximate surface area is 107 Å². The van der Waals surface area contributed by atoms with Crippen LogP contribution in [0.5, 0.6) is 0 Å². The Balaban J connectivity index is 2.42. The van der Waals surface area contributed by atoms with Gasteiger partial charge in [0.15, 0.2) is 0 Å². The van der Waals surface area contributed by atoms with Crippen molar-refractivity contribution >= 4 is 10.0 Å². The highest BCUT2D eigenvalue weighted by molar-refractivity contribution is 7.89. The molecule has 1 heterocycles. The van der Waals surface area contributed by atoms with Gasteiger partial charge in [0, 0.05) is 13.1 Å². The van der Waals surface area contributed by atoms with E-state index in [1.807, 2.05) is 18.2 Å². The number of aryl methyl sites for hydroxylation is 1. The molecule has 1 aromatic carbocycles. The molecular formula is C13H14N2O2S. The summed E-state index contributed by atoms with van der Waals surface area (Å²) in [6, 6.07) is 6.67. The minimum absolute atomic E-state index is 0.289. The smallest absolute Gasteiger partial charge is 0.207 e. The van der Waals surface area contributed by atoms with Gasteiger partial charge in [-0.2, -0.15) is 9.57 Å². The highest BCUT2D eigenvalue weighted by Gasteiger charge is 2.25. The molecule has 0 bridgehead atoms. The minimum Gasteiger partial charge on any atom is -0.207 e. The van der Waals surface area contributed by atoms with Crippen LogP contribution in [0.1, 0.15) is 17.5 Å². The lowest BCUT2D eigenvalue weighted by molar-refractivity contribution is 0.437. The van der Waals surface area contributed by atoms with Gasteiger partial charge in [0.25, 0.3) is 0 Å². The molecule has 0 saturated carbocycles. The van der Waals surface area contributed by atoms with Crippen LogP contribution in [0, 0.1) is 18.3 Å². The van der Waals surface area contributed by atoms with Crippen molar-refractivity contribution in [3.63, 3.8) is 0 Å². The predicted molar refractivity (Wildman–Crippen MR) is 68.4 cm³/mol. The number of nitrogens with zero attached hydrogens (tertiary/aromatic N) is 2. The topological polar surface area (TPSA) is 61.2 Å². The van der Waals surface area contributed by atoms with Crippen molar-refractivity contribution in [1.82, 2.24) is 4.31 Å². The summed E-state index contributed by atoms with van der Waals surface area (Å²) in [6.45, 7) is 2.65. The van der Waals surface area contributed by atoms with Crippen LogP contribution in [0.4, 0.5) is 0 Å². The van der Waals surface area contributed by atoms with Crippen LogP contribution in [0.3, 0.4) is 0 Å². The van der Waals surface area contributed by atoms with E-state index in [1.54, 1.807) is 19.1 Å². The van der Waals surface area contributed by atoms with Crippen molar-refractivity contribution in [3.05, 3.63) is 41.5 Å². The van der Waals surface area contributed by atoms with Crippen LogP contribution in [0.25, 0.3) is 0 Å². The molecule has 1 aliphatic heterocycles. The van der Waals surface area contributed by atoms with E-state index < -0.39 is 10.0 Å². The van der Waals surface area contributed by atoms with Crippen LogP contribution >= 0.6 is 0 Å². The standard InChI is InChI=1S/C13H14N2O2S/c1-11-9-12(10-14)5-6-13(11)18(16,17)15-7-3-2-4-8-15/h2-3,5-6,9H,4,7-8H2,1H3. The summed E-state index contributed by atoms with van der Waals surface area (Å²) in [5, 5.41) is 8.79. The van der Waals surface area contributed by atoms with Crippen molar-refractivity contribution in [1.29, 1.82) is 5.26 Å². The fourth-order valence-electron chi connectivity index (χ4n) is 1.99. The van der Waals surface area contributed by atoms with Crippen LogP contribution in [-0.2, 0) is 10.0 Å². The lowest BCUT2D eigenvalue weighted by Gasteiger charge is -2.23. The Hall–Kier alpha value is -1.64. The molecule has 0 fully saturated rings. The lowest BCUT2D eigenvalue weighted by Crippen LogP contribution is -2.34. The van der Waals surface area contributed by atoms with Crippen LogP contribution in [0.2, 0.25) is 0 Å². The molecule has 0 N–H and O–H groups in total. The number of benzene rings is 1. The third-order valence-corrected chi connectivity index (χ3v) is 4.97. The van der Waals surface area contributed by atoms with E-state index in [4.69, 9.17) is 5.26 Å². The molecule has 0 radical (unpaired) electrons. The van der Waals surface area contributed by atoms with Gasteiger partial charge in [0.05, 0.1) is 16.5 Å². The van der Waals surface area contributed by atoms with Gasteiger partial charge in [0.1, 0.15) is 0 Å². The average molecular weight is 262 g/mol. The molecule has 94 valence electrons. The molecule has 0 aromatic heterocycles. The third-order valence-electron chi connectivity index (χ3n) is 2.94. The molecule has 0 amide bonds. The first-order chi connectivity index (χ1) is 8.55. The highest BCUT2D eigenvalue weighted by Crippen LogP contribution is 2.22. The minimum atomic E-state index is -3.45. The van der Waals surface area contributed by atoms with E-state index in [2.05, 4.69) is 0 Å². The summed E-state index contributed by atoms with van der Waals surface area (Å²) in [5.74, 6) is 0. The summed E-state index contributed by atoms with van der Waals surface area (Å²) >= 11 is 0. The molecule has 5 heteroatoms. The van der Waals surface area contributed by atoms with Gasteiger partial charge in [-0.3, -0.25) is 0 Å². The van der Waals surface area contributed by atoms with Crippen LogP contribution in [0.15, 0.2) is 35.2 Å². The second-order valence-electron chi connectivity index (χ2n) is 4.22. The van der Waals surface area contributed by atoms with E-state index in [1.165, 1.54) is 10.4 Å². The number of hydrogen-bond donors (Lipinski definition) is 0. The average Bonchev–Trinajstić information content (AvgIpc) is 2.39. The van der Waals surface area contributed by atoms with Gasteiger partial charge in [0.2, 0.25) is 10.0 Å². The first-order valence-electron chi connectivity index (χ1n) is 5.71. The molecule has 4 nitrogen and oxygen atoms in total. The fraction of sp³-hybridized carbons (Fsp3) is 0.308. The normalized spacial score (nSPS) is 16.4. The molecular weight excluding hydrogens is 248 g/mol. The van der Waals surface area contributed by atoms with E-state index >= 15 is 0 Å². The van der Waals surface area contributed by atoms with E-state index in [-0.39, 0.29) is 4.90 Å². The van der Waals surface area contributed by atoms with Gasteiger partial charge in [-0.15, -0.1) is 0 Å². The zero-order chi connectivity index (χ0) is 13.2. The van der Waals surface area contributed by atoms with Crippen LogP contribution < -0.4 is 0 Å². The predicted octanol–water partition coefficient (Wildman–Crippen LogP) is 1.82. The molecule has 18 heavy (non-hydrogen) atoms. The quantitative estimate of drug-likeness (QED) is 0.764. The maximum atomic E-state index is 12.4. The van der Waals surface area contributed by atoms with Crippen molar-refractivity contribution < 1.29 is 8.42 Å². The van der Waals surface area contributed by atoms with E-state index in [9.17, 15) is 8.42 Å². The first kappa shape index (κ1) is 12.8. The number of sulfonamides is 1. The van der Waals surface area contributed by atoms with Crippen molar-refractivity contribution in [2.75, 3.05) is 13.1 Å². The molecule has 0 saturated heterocycles. The maximum Gasteiger partial charge on any atom is 0.243 e. The molecule has 1 aliphatic rings. The van der Waals surface area contributed by atoms with Crippen molar-refractivity contribution in [2.24, 2.45) is 0 Å². The maximum absolute atomic E-state index is 12.4. The molecule has 0 spiro atoms. The highest BCUT2D eigenvalue weighted by atomic mass is 32.2. The molecule has 1 aromatic rings. The summed E-state index contributed by atoms with van der Waals surface area (Å²) in [4.78, 5) is 0.289. The Morgan fingerprint density at radius 1 is 1.33 bits per heavy atom. The molecule has 0 aliphatic carbocycles. The zero-order valence-electron chi connectivity index (χ0n) is 10.1. The second kappa shape index (κ2) is 4.92. The van der Waals surface area contributed by atoms with Gasteiger partial charge >= 0.3 is 0 Å². The largest absolute Gasteiger partial charge is 0.243 e. The Morgan fingerprint density at radius 3 is 2.67 bits per heavy atom. The summed E-state index contributed by atoms with van der Waals surface area (Å²) in [5.41, 5.74) is 1.09. The van der Waals surface area contributed by atoms with Crippen LogP contribution in [-0.4, -0.2) is 25.8 Å². The molecule has 0 atom stereocenters. The van der Waals surface area contributed by atoms with Crippen molar-refractivity contribution in [2.45, 2.75) is 18.2 Å². The van der Waals surface area contributed by atoms with Gasteiger partial charge in [-0.25, -0.2) is 8.42 Å². The second-order valence-corrected chi connectivity index (χ2v) is 6.12. The van der Waals surface area contributed by atoms with E-state index in [0.29, 0.717) is 24.2 Å².